The Balaban J connectivity index is 0.000000229. The van der Waals surface area contributed by atoms with E-state index >= 15 is 0 Å². The molecule has 2 aliphatic heterocycles. The molecule has 0 aliphatic carbocycles. The van der Waals surface area contributed by atoms with Crippen LogP contribution in [0.25, 0.3) is 0 Å². The Morgan fingerprint density at radius 3 is 1.02 bits per heavy atom. The van der Waals surface area contributed by atoms with Gasteiger partial charge in [-0.25, -0.2) is 0 Å². The van der Waals surface area contributed by atoms with Crippen molar-refractivity contribution >= 4 is 17.1 Å². The quantitative estimate of drug-likeness (QED) is 0.150. The Hall–Kier alpha value is -4.16. The number of phenols is 1. The molecule has 0 amide bonds. The number of rotatable bonds is 10. The first kappa shape index (κ1) is 43.0. The zero-order chi connectivity index (χ0) is 39.9. The number of nitrogen functional groups attached to an aromatic ring is 3. The van der Waals surface area contributed by atoms with Crippen LogP contribution in [0.1, 0.15) is 47.2 Å². The molecule has 10 heteroatoms. The molecule has 2 fully saturated rings. The minimum absolute atomic E-state index is 0.468. The van der Waals surface area contributed by atoms with Crippen LogP contribution < -0.4 is 17.2 Å². The van der Waals surface area contributed by atoms with Gasteiger partial charge in [-0.2, -0.15) is 0 Å². The van der Waals surface area contributed by atoms with E-state index in [9.17, 15) is 5.11 Å². The third-order valence-corrected chi connectivity index (χ3v) is 11.6. The van der Waals surface area contributed by atoms with E-state index < -0.39 is 0 Å². The summed E-state index contributed by atoms with van der Waals surface area (Å²) in [5.41, 5.74) is 28.2. The molecule has 2 saturated heterocycles. The first-order valence-electron chi connectivity index (χ1n) is 20.7. The summed E-state index contributed by atoms with van der Waals surface area (Å²) in [5.74, 6) is 0.468. The van der Waals surface area contributed by atoms with Crippen molar-refractivity contribution in [2.45, 2.75) is 53.9 Å². The number of aromatic hydroxyl groups is 1. The molecule has 6 rings (SSSR count). The fraction of sp³-hybridized carbons (Fsp3) is 0.478. The van der Waals surface area contributed by atoms with Gasteiger partial charge in [0.1, 0.15) is 5.75 Å². The van der Waals surface area contributed by atoms with Crippen molar-refractivity contribution in [3.63, 3.8) is 0 Å². The molecule has 0 aromatic heterocycles. The maximum Gasteiger partial charge on any atom is 0.122 e. The minimum atomic E-state index is 0.468. The van der Waals surface area contributed by atoms with Gasteiger partial charge >= 0.3 is 0 Å². The van der Waals surface area contributed by atoms with Crippen molar-refractivity contribution < 1.29 is 5.11 Å². The lowest BCUT2D eigenvalue weighted by Crippen LogP contribution is -2.35. The van der Waals surface area contributed by atoms with Crippen LogP contribution in [0.5, 0.6) is 5.75 Å². The number of aryl methyl sites for hydroxylation is 2. The van der Waals surface area contributed by atoms with E-state index in [2.05, 4.69) is 98.7 Å². The van der Waals surface area contributed by atoms with E-state index in [-0.39, 0.29) is 0 Å². The first-order chi connectivity index (χ1) is 27.1. The predicted molar refractivity (Wildman–Crippen MR) is 235 cm³/mol. The van der Waals surface area contributed by atoms with E-state index in [4.69, 9.17) is 17.2 Å². The number of anilines is 3. The normalized spacial score (nSPS) is 17.8. The van der Waals surface area contributed by atoms with Crippen LogP contribution in [0.3, 0.4) is 0 Å². The smallest absolute Gasteiger partial charge is 0.122 e. The number of hydrogen-bond acceptors (Lipinski definition) is 10. The standard InChI is InChI=1S/C27H36N6.C19H33N3O/c28-25-10-4-1-7-22(25)19-31-13-15-32(20-23-8-2-5-11-26(23)29)17-18-33(16-14-31)21-24-9-3-6-12-27(24)30;1-5-20-7-8-21(6-2)10-12-22(11-9-20)15-18-14-16(3)13-17(4)19(18)23/h1-12H,13-21,28-30H2;13-14,23H,5-12,15H2,1-4H3. The van der Waals surface area contributed by atoms with Gasteiger partial charge in [0.25, 0.3) is 0 Å². The Morgan fingerprint density at radius 2 is 0.714 bits per heavy atom. The Labute approximate surface area is 337 Å². The number of hydrogen-bond donors (Lipinski definition) is 4. The highest BCUT2D eigenvalue weighted by atomic mass is 16.3. The number of para-hydroxylation sites is 3. The molecule has 0 saturated carbocycles. The van der Waals surface area contributed by atoms with Crippen molar-refractivity contribution in [1.29, 1.82) is 0 Å². The molecule has 0 spiro atoms. The molecular formula is C46H69N9O. The van der Waals surface area contributed by atoms with Gasteiger partial charge in [0, 0.05) is 127 Å². The molecule has 7 N–H and O–H groups in total. The third kappa shape index (κ3) is 13.2. The lowest BCUT2D eigenvalue weighted by Gasteiger charge is -2.26. The van der Waals surface area contributed by atoms with Crippen molar-refractivity contribution in [2.24, 2.45) is 0 Å². The summed E-state index contributed by atoms with van der Waals surface area (Å²) in [5, 5.41) is 10.4. The van der Waals surface area contributed by atoms with Crippen molar-refractivity contribution in [2.75, 3.05) is 109 Å². The molecule has 56 heavy (non-hydrogen) atoms. The van der Waals surface area contributed by atoms with Crippen LogP contribution in [-0.2, 0) is 26.2 Å². The van der Waals surface area contributed by atoms with E-state index in [0.717, 1.165) is 146 Å². The fourth-order valence-electron chi connectivity index (χ4n) is 7.80. The second-order valence-electron chi connectivity index (χ2n) is 15.7. The lowest BCUT2D eigenvalue weighted by atomic mass is 10.1. The van der Waals surface area contributed by atoms with Crippen LogP contribution >= 0.6 is 0 Å². The average molecular weight is 764 g/mol. The molecular weight excluding hydrogens is 695 g/mol. The summed E-state index contributed by atoms with van der Waals surface area (Å²) < 4.78 is 0. The van der Waals surface area contributed by atoms with Gasteiger partial charge in [-0.1, -0.05) is 86.1 Å². The van der Waals surface area contributed by atoms with Crippen LogP contribution in [0.2, 0.25) is 0 Å². The topological polar surface area (TPSA) is 118 Å². The van der Waals surface area contributed by atoms with Crippen molar-refractivity contribution in [3.8, 4) is 5.75 Å². The fourth-order valence-corrected chi connectivity index (χ4v) is 7.80. The highest BCUT2D eigenvalue weighted by molar-refractivity contribution is 5.48. The molecule has 0 unspecified atom stereocenters. The number of nitrogens with two attached hydrogens (primary N) is 3. The van der Waals surface area contributed by atoms with Gasteiger partial charge < -0.3 is 32.1 Å². The number of nitrogens with zero attached hydrogens (tertiary/aromatic N) is 6. The van der Waals surface area contributed by atoms with Gasteiger partial charge in [-0.05, 0) is 67.4 Å². The molecule has 304 valence electrons. The average Bonchev–Trinajstić information content (AvgIpc) is 3.35. The molecule has 0 bridgehead atoms. The highest BCUT2D eigenvalue weighted by Gasteiger charge is 2.20. The minimum Gasteiger partial charge on any atom is -0.507 e. The van der Waals surface area contributed by atoms with Crippen molar-refractivity contribution in [1.82, 2.24) is 29.4 Å². The summed E-state index contributed by atoms with van der Waals surface area (Å²) in [6.45, 7) is 26.8. The van der Waals surface area contributed by atoms with Gasteiger partial charge in [0.2, 0.25) is 0 Å². The number of benzene rings is 4. The third-order valence-electron chi connectivity index (χ3n) is 11.6. The van der Waals surface area contributed by atoms with Gasteiger partial charge in [-0.15, -0.1) is 0 Å². The first-order valence-corrected chi connectivity index (χ1v) is 20.7. The van der Waals surface area contributed by atoms with E-state index in [1.165, 1.54) is 22.3 Å². The molecule has 0 atom stereocenters. The van der Waals surface area contributed by atoms with E-state index in [1.54, 1.807) is 0 Å². The molecule has 4 aromatic rings. The van der Waals surface area contributed by atoms with Crippen molar-refractivity contribution in [3.05, 3.63) is 118 Å². The predicted octanol–water partition coefficient (Wildman–Crippen LogP) is 5.72. The summed E-state index contributed by atoms with van der Waals surface area (Å²) >= 11 is 0. The van der Waals surface area contributed by atoms with E-state index in [1.807, 2.05) is 43.3 Å². The SMILES string of the molecule is CCN1CCN(CC)CCN(Cc2cc(C)cc(C)c2O)CC1.Nc1ccccc1CN1CCN(Cc2ccccc2N)CCN(Cc2ccccc2N)CC1. The zero-order valence-corrected chi connectivity index (χ0v) is 34.7. The Morgan fingerprint density at radius 1 is 0.429 bits per heavy atom. The molecule has 4 aromatic carbocycles. The summed E-state index contributed by atoms with van der Waals surface area (Å²) in [6.07, 6.45) is 0. The van der Waals surface area contributed by atoms with Gasteiger partial charge in [0.15, 0.2) is 0 Å². The molecule has 2 aliphatic rings. The second-order valence-corrected chi connectivity index (χ2v) is 15.7. The van der Waals surface area contributed by atoms with Crippen LogP contribution in [0, 0.1) is 13.8 Å². The van der Waals surface area contributed by atoms with Crippen LogP contribution in [0.15, 0.2) is 84.9 Å². The number of likely N-dealkylation sites (N-methyl/N-ethyl adjacent to an activating group) is 2. The van der Waals surface area contributed by atoms with Crippen LogP contribution in [-0.4, -0.2) is 126 Å². The summed E-state index contributed by atoms with van der Waals surface area (Å²) in [7, 11) is 0. The highest BCUT2D eigenvalue weighted by Crippen LogP contribution is 2.25. The Bertz CT molecular complexity index is 1620. The maximum atomic E-state index is 10.4. The van der Waals surface area contributed by atoms with E-state index in [0.29, 0.717) is 5.75 Å². The largest absolute Gasteiger partial charge is 0.507 e. The molecule has 10 nitrogen and oxygen atoms in total. The monoisotopic (exact) mass is 764 g/mol. The summed E-state index contributed by atoms with van der Waals surface area (Å²) in [6, 6.07) is 28.7. The van der Waals surface area contributed by atoms with Gasteiger partial charge in [0.05, 0.1) is 0 Å². The van der Waals surface area contributed by atoms with Crippen LogP contribution in [0.4, 0.5) is 17.1 Å². The molecule has 0 radical (unpaired) electrons. The maximum absolute atomic E-state index is 10.4. The number of phenolic OH excluding ortho intramolecular Hbond substituents is 1. The lowest BCUT2D eigenvalue weighted by molar-refractivity contribution is 0.210. The summed E-state index contributed by atoms with van der Waals surface area (Å²) in [4.78, 5) is 15.1. The second kappa shape index (κ2) is 22.0. The zero-order valence-electron chi connectivity index (χ0n) is 34.7. The molecule has 2 heterocycles. The van der Waals surface area contributed by atoms with Gasteiger partial charge in [-0.3, -0.25) is 19.6 Å². The Kier molecular flexibility index (Phi) is 16.8.